The number of rotatable bonds is 4. The predicted molar refractivity (Wildman–Crippen MR) is 92.9 cm³/mol. The molecule has 0 fully saturated rings. The van der Waals surface area contributed by atoms with E-state index in [2.05, 4.69) is 25.6 Å². The zero-order chi connectivity index (χ0) is 17.2. The summed E-state index contributed by atoms with van der Waals surface area (Å²) >= 11 is 0. The molecule has 2 aromatic heterocycles. The van der Waals surface area contributed by atoms with Gasteiger partial charge in [-0.05, 0) is 43.9 Å². The second-order valence-corrected chi connectivity index (χ2v) is 6.33. The van der Waals surface area contributed by atoms with Crippen LogP contribution in [0.3, 0.4) is 0 Å². The molecular weight excluding hydrogens is 316 g/mol. The first-order valence-electron chi connectivity index (χ1n) is 8.52. The van der Waals surface area contributed by atoms with Crippen molar-refractivity contribution >= 4 is 5.91 Å². The molecule has 0 bridgehead atoms. The molecule has 0 spiro atoms. The number of aromatic amines is 1. The molecule has 4 rings (SSSR count). The van der Waals surface area contributed by atoms with Crippen LogP contribution in [-0.2, 0) is 19.5 Å². The lowest BCUT2D eigenvalue weighted by molar-refractivity contribution is 0.0945. The Labute approximate surface area is 145 Å². The number of hydrogen-bond acceptors (Lipinski definition) is 4. The van der Waals surface area contributed by atoms with Gasteiger partial charge in [0.25, 0.3) is 5.91 Å². The molecule has 0 saturated heterocycles. The molecule has 1 aliphatic heterocycles. The molecule has 2 N–H and O–H groups in total. The molecule has 0 radical (unpaired) electrons. The summed E-state index contributed by atoms with van der Waals surface area (Å²) in [5.41, 5.74) is 3.57. The summed E-state index contributed by atoms with van der Waals surface area (Å²) in [6, 6.07) is 9.76. The third-order valence-corrected chi connectivity index (χ3v) is 4.38. The van der Waals surface area contributed by atoms with Crippen molar-refractivity contribution in [2.24, 2.45) is 0 Å². The fourth-order valence-corrected chi connectivity index (χ4v) is 3.09. The Balaban J connectivity index is 1.44. The van der Waals surface area contributed by atoms with Gasteiger partial charge in [0.1, 0.15) is 11.5 Å². The summed E-state index contributed by atoms with van der Waals surface area (Å²) in [4.78, 5) is 16.7. The molecule has 25 heavy (non-hydrogen) atoms. The Morgan fingerprint density at radius 3 is 3.04 bits per heavy atom. The van der Waals surface area contributed by atoms with Crippen molar-refractivity contribution in [3.63, 3.8) is 0 Å². The Morgan fingerprint density at radius 2 is 2.24 bits per heavy atom. The Morgan fingerprint density at radius 1 is 1.32 bits per heavy atom. The van der Waals surface area contributed by atoms with Crippen LogP contribution in [0, 0.1) is 6.92 Å². The van der Waals surface area contributed by atoms with Gasteiger partial charge in [-0.3, -0.25) is 14.6 Å². The van der Waals surface area contributed by atoms with E-state index < -0.39 is 0 Å². The molecule has 7 nitrogen and oxygen atoms in total. The number of amides is 1. The van der Waals surface area contributed by atoms with Gasteiger partial charge >= 0.3 is 0 Å². The number of fused-ring (bicyclic) bond motifs is 1. The number of nitrogens with zero attached hydrogens (tertiary/aromatic N) is 4. The lowest BCUT2D eigenvalue weighted by atomic mass is 10.1. The molecule has 0 saturated carbocycles. The number of aromatic nitrogens is 5. The average molecular weight is 336 g/mol. The van der Waals surface area contributed by atoms with Gasteiger partial charge in [0.05, 0.1) is 0 Å². The van der Waals surface area contributed by atoms with Gasteiger partial charge < -0.3 is 5.32 Å². The first-order valence-corrected chi connectivity index (χ1v) is 8.52. The number of hydrogen-bond donors (Lipinski definition) is 2. The summed E-state index contributed by atoms with van der Waals surface area (Å²) in [5, 5.41) is 14.4. The number of H-pyrrole nitrogens is 1. The molecule has 0 aliphatic carbocycles. The van der Waals surface area contributed by atoms with Crippen LogP contribution < -0.4 is 5.32 Å². The van der Waals surface area contributed by atoms with Crippen molar-refractivity contribution < 1.29 is 4.79 Å². The third-order valence-electron chi connectivity index (χ3n) is 4.38. The average Bonchev–Trinajstić information content (AvgIpc) is 3.26. The summed E-state index contributed by atoms with van der Waals surface area (Å²) < 4.78 is 1.95. The van der Waals surface area contributed by atoms with E-state index >= 15 is 0 Å². The Hall–Kier alpha value is -2.96. The van der Waals surface area contributed by atoms with Gasteiger partial charge in [-0.1, -0.05) is 18.2 Å². The van der Waals surface area contributed by atoms with E-state index in [4.69, 9.17) is 0 Å². The minimum absolute atomic E-state index is 0.138. The van der Waals surface area contributed by atoms with Crippen molar-refractivity contribution in [1.29, 1.82) is 0 Å². The number of benzene rings is 1. The molecule has 3 aromatic rings. The molecule has 0 unspecified atom stereocenters. The standard InChI is InChI=1S/C18H20N6O/c1-12-20-17(22-21-12)14-6-4-5-13(9-14)11-19-18(25)16-10-15-7-2-3-8-24(15)23-16/h4-6,9-10H,2-3,7-8,11H2,1H3,(H,19,25)(H,20,21,22). The highest BCUT2D eigenvalue weighted by Crippen LogP contribution is 2.17. The maximum absolute atomic E-state index is 12.4. The fourth-order valence-electron chi connectivity index (χ4n) is 3.09. The lowest BCUT2D eigenvalue weighted by Crippen LogP contribution is -2.23. The normalized spacial score (nSPS) is 13.5. The van der Waals surface area contributed by atoms with E-state index in [-0.39, 0.29) is 5.91 Å². The van der Waals surface area contributed by atoms with Gasteiger partial charge in [-0.25, -0.2) is 4.98 Å². The van der Waals surface area contributed by atoms with E-state index in [1.807, 2.05) is 41.9 Å². The van der Waals surface area contributed by atoms with E-state index in [0.29, 0.717) is 18.1 Å². The van der Waals surface area contributed by atoms with Gasteiger partial charge in [0, 0.05) is 24.3 Å². The predicted octanol–water partition coefficient (Wildman–Crippen LogP) is 2.24. The van der Waals surface area contributed by atoms with Crippen LogP contribution in [0.15, 0.2) is 30.3 Å². The van der Waals surface area contributed by atoms with Gasteiger partial charge in [-0.2, -0.15) is 10.2 Å². The maximum Gasteiger partial charge on any atom is 0.272 e. The van der Waals surface area contributed by atoms with Crippen LogP contribution >= 0.6 is 0 Å². The molecule has 1 aliphatic rings. The van der Waals surface area contributed by atoms with Crippen molar-refractivity contribution in [3.05, 3.63) is 53.1 Å². The number of carbonyl (C=O) groups is 1. The second-order valence-electron chi connectivity index (χ2n) is 6.33. The summed E-state index contributed by atoms with van der Waals surface area (Å²) in [5.74, 6) is 1.30. The van der Waals surface area contributed by atoms with Crippen LogP contribution in [0.1, 0.15) is 40.4 Å². The van der Waals surface area contributed by atoms with Crippen molar-refractivity contribution in [3.8, 4) is 11.4 Å². The minimum atomic E-state index is -0.138. The molecule has 0 atom stereocenters. The van der Waals surface area contributed by atoms with Crippen molar-refractivity contribution in [2.75, 3.05) is 0 Å². The van der Waals surface area contributed by atoms with E-state index in [1.54, 1.807) is 0 Å². The number of nitrogens with one attached hydrogen (secondary N) is 2. The van der Waals surface area contributed by atoms with Crippen molar-refractivity contribution in [1.82, 2.24) is 30.3 Å². The summed E-state index contributed by atoms with van der Waals surface area (Å²) in [7, 11) is 0. The first kappa shape index (κ1) is 15.6. The fraction of sp³-hybridized carbons (Fsp3) is 0.333. The monoisotopic (exact) mass is 336 g/mol. The maximum atomic E-state index is 12.4. The van der Waals surface area contributed by atoms with Crippen molar-refractivity contribution in [2.45, 2.75) is 39.3 Å². The highest BCUT2D eigenvalue weighted by Gasteiger charge is 2.16. The first-order chi connectivity index (χ1) is 12.2. The zero-order valence-corrected chi connectivity index (χ0v) is 14.1. The lowest BCUT2D eigenvalue weighted by Gasteiger charge is -2.11. The van der Waals surface area contributed by atoms with Gasteiger partial charge in [-0.15, -0.1) is 0 Å². The van der Waals surface area contributed by atoms with Crippen LogP contribution in [0.2, 0.25) is 0 Å². The van der Waals surface area contributed by atoms with E-state index in [0.717, 1.165) is 42.0 Å². The summed E-state index contributed by atoms with van der Waals surface area (Å²) in [6.45, 7) is 3.21. The van der Waals surface area contributed by atoms with Gasteiger partial charge in [0.15, 0.2) is 5.82 Å². The molecule has 7 heteroatoms. The summed E-state index contributed by atoms with van der Waals surface area (Å²) in [6.07, 6.45) is 3.29. The highest BCUT2D eigenvalue weighted by atomic mass is 16.1. The Bertz CT molecular complexity index is 886. The Kier molecular flexibility index (Phi) is 4.05. The second kappa shape index (κ2) is 6.51. The van der Waals surface area contributed by atoms with Crippen LogP contribution in [0.4, 0.5) is 0 Å². The molecular formula is C18H20N6O. The number of aryl methyl sites for hydroxylation is 3. The topological polar surface area (TPSA) is 88.5 Å². The van der Waals surface area contributed by atoms with E-state index in [9.17, 15) is 4.79 Å². The minimum Gasteiger partial charge on any atom is -0.347 e. The molecule has 128 valence electrons. The van der Waals surface area contributed by atoms with Crippen LogP contribution in [-0.4, -0.2) is 30.9 Å². The largest absolute Gasteiger partial charge is 0.347 e. The highest BCUT2D eigenvalue weighted by molar-refractivity contribution is 5.92. The molecule has 1 aromatic carbocycles. The molecule has 1 amide bonds. The quantitative estimate of drug-likeness (QED) is 0.765. The van der Waals surface area contributed by atoms with E-state index in [1.165, 1.54) is 6.42 Å². The van der Waals surface area contributed by atoms with Crippen LogP contribution in [0.5, 0.6) is 0 Å². The van der Waals surface area contributed by atoms with Crippen LogP contribution in [0.25, 0.3) is 11.4 Å². The molecule has 3 heterocycles. The smallest absolute Gasteiger partial charge is 0.272 e. The third kappa shape index (κ3) is 3.31. The SMILES string of the molecule is Cc1nc(-c2cccc(CNC(=O)c3cc4n(n3)CCCC4)c2)n[nH]1. The van der Waals surface area contributed by atoms with Gasteiger partial charge in [0.2, 0.25) is 0 Å². The zero-order valence-electron chi connectivity index (χ0n) is 14.1. The number of carbonyl (C=O) groups excluding carboxylic acids is 1.